The number of anilines is 3. The number of hydrogen-bond donors (Lipinski definition) is 3. The van der Waals surface area contributed by atoms with E-state index in [0.29, 0.717) is 18.6 Å². The fraction of sp³-hybridized carbons (Fsp3) is 0.733. The summed E-state index contributed by atoms with van der Waals surface area (Å²) < 4.78 is 6.12. The molecule has 0 bridgehead atoms. The molecule has 22 heavy (non-hydrogen) atoms. The fourth-order valence-corrected chi connectivity index (χ4v) is 3.89. The van der Waals surface area contributed by atoms with Gasteiger partial charge in [0.2, 0.25) is 11.7 Å². The fourth-order valence-electron chi connectivity index (χ4n) is 3.89. The molecular formula is C15H24N6O. The van der Waals surface area contributed by atoms with Crippen LogP contribution in [0.25, 0.3) is 0 Å². The van der Waals surface area contributed by atoms with Gasteiger partial charge in [-0.05, 0) is 26.3 Å². The van der Waals surface area contributed by atoms with Crippen molar-refractivity contribution in [2.24, 2.45) is 0 Å². The van der Waals surface area contributed by atoms with E-state index < -0.39 is 0 Å². The van der Waals surface area contributed by atoms with Gasteiger partial charge in [0.25, 0.3) is 0 Å². The van der Waals surface area contributed by atoms with Gasteiger partial charge in [-0.2, -0.15) is 9.97 Å². The molecule has 1 atom stereocenters. The standard InChI is InChI=1S/C15H24N6O/c1-17-10-4-7-21(8-10)13-11-12(18-14(16)19-13)20-15(9-22-11)5-2-3-6-15/h10,17H,2-9H2,1H3,(H3,16,18,19,20)/t10-/m1/s1. The predicted octanol–water partition coefficient (Wildman–Crippen LogP) is 0.974. The zero-order valence-electron chi connectivity index (χ0n) is 13.1. The summed E-state index contributed by atoms with van der Waals surface area (Å²) >= 11 is 0. The maximum atomic E-state index is 6.12. The number of nitrogen functional groups attached to an aromatic ring is 1. The minimum absolute atomic E-state index is 0.0452. The first-order valence-corrected chi connectivity index (χ1v) is 8.20. The topological polar surface area (TPSA) is 88.3 Å². The summed E-state index contributed by atoms with van der Waals surface area (Å²) in [4.78, 5) is 11.1. The van der Waals surface area contributed by atoms with Gasteiger partial charge < -0.3 is 26.0 Å². The Morgan fingerprint density at radius 2 is 2.18 bits per heavy atom. The zero-order chi connectivity index (χ0) is 15.2. The SMILES string of the molecule is CN[C@@H]1CCN(c2nc(N)nc3c2OCC2(CCCC2)N3)C1. The molecule has 0 radical (unpaired) electrons. The van der Waals surface area contributed by atoms with Crippen molar-refractivity contribution in [3.05, 3.63) is 0 Å². The lowest BCUT2D eigenvalue weighted by Crippen LogP contribution is -2.45. The van der Waals surface area contributed by atoms with E-state index >= 15 is 0 Å². The maximum absolute atomic E-state index is 6.12. The van der Waals surface area contributed by atoms with E-state index in [4.69, 9.17) is 10.5 Å². The van der Waals surface area contributed by atoms with Crippen LogP contribution in [-0.4, -0.2) is 48.3 Å². The van der Waals surface area contributed by atoms with Crippen LogP contribution < -0.4 is 26.0 Å². The van der Waals surface area contributed by atoms with Crippen molar-refractivity contribution in [1.82, 2.24) is 15.3 Å². The molecule has 1 saturated carbocycles. The Morgan fingerprint density at radius 3 is 2.91 bits per heavy atom. The first kappa shape index (κ1) is 13.9. The number of ether oxygens (including phenoxy) is 1. The van der Waals surface area contributed by atoms with E-state index in [9.17, 15) is 0 Å². The third-order valence-electron chi connectivity index (χ3n) is 5.20. The highest BCUT2D eigenvalue weighted by Gasteiger charge is 2.40. The molecule has 3 heterocycles. The quantitative estimate of drug-likeness (QED) is 0.750. The van der Waals surface area contributed by atoms with Gasteiger partial charge in [0, 0.05) is 19.1 Å². The van der Waals surface area contributed by atoms with Gasteiger partial charge in [-0.3, -0.25) is 0 Å². The van der Waals surface area contributed by atoms with Crippen LogP contribution in [0.4, 0.5) is 17.6 Å². The lowest BCUT2D eigenvalue weighted by atomic mass is 9.97. The molecule has 1 saturated heterocycles. The van der Waals surface area contributed by atoms with Gasteiger partial charge in [-0.15, -0.1) is 0 Å². The molecule has 1 spiro atoms. The molecular weight excluding hydrogens is 280 g/mol. The molecule has 2 aliphatic heterocycles. The van der Waals surface area contributed by atoms with Crippen molar-refractivity contribution in [3.8, 4) is 5.75 Å². The van der Waals surface area contributed by atoms with E-state index in [-0.39, 0.29) is 5.54 Å². The highest BCUT2D eigenvalue weighted by molar-refractivity contribution is 5.69. The highest BCUT2D eigenvalue weighted by atomic mass is 16.5. The molecule has 120 valence electrons. The number of nitrogens with one attached hydrogen (secondary N) is 2. The Kier molecular flexibility index (Phi) is 3.25. The van der Waals surface area contributed by atoms with Gasteiger partial charge in [0.1, 0.15) is 6.61 Å². The summed E-state index contributed by atoms with van der Waals surface area (Å²) in [5.41, 5.74) is 5.99. The average Bonchev–Trinajstić information content (AvgIpc) is 3.15. The molecule has 2 fully saturated rings. The Balaban J connectivity index is 1.65. The van der Waals surface area contributed by atoms with E-state index in [1.165, 1.54) is 12.8 Å². The van der Waals surface area contributed by atoms with Crippen LogP contribution in [0.3, 0.4) is 0 Å². The first-order chi connectivity index (χ1) is 10.7. The molecule has 1 aliphatic carbocycles. The van der Waals surface area contributed by atoms with Gasteiger partial charge in [0.05, 0.1) is 5.54 Å². The minimum atomic E-state index is 0.0452. The molecule has 1 aromatic heterocycles. The van der Waals surface area contributed by atoms with Crippen LogP contribution in [0.15, 0.2) is 0 Å². The van der Waals surface area contributed by atoms with Crippen molar-refractivity contribution in [1.29, 1.82) is 0 Å². The second kappa shape index (κ2) is 5.15. The summed E-state index contributed by atoms with van der Waals surface area (Å²) in [6, 6.07) is 0.490. The molecule has 4 rings (SSSR count). The van der Waals surface area contributed by atoms with Crippen LogP contribution in [0.1, 0.15) is 32.1 Å². The largest absolute Gasteiger partial charge is 0.484 e. The summed E-state index contributed by atoms with van der Waals surface area (Å²) in [6.07, 6.45) is 5.87. The van der Waals surface area contributed by atoms with E-state index in [1.54, 1.807) is 0 Å². The van der Waals surface area contributed by atoms with E-state index in [0.717, 1.165) is 49.7 Å². The molecule has 7 nitrogen and oxygen atoms in total. The maximum Gasteiger partial charge on any atom is 0.224 e. The van der Waals surface area contributed by atoms with Crippen molar-refractivity contribution in [3.63, 3.8) is 0 Å². The Hall–Kier alpha value is -1.76. The number of fused-ring (bicyclic) bond motifs is 1. The van der Waals surface area contributed by atoms with Gasteiger partial charge >= 0.3 is 0 Å². The van der Waals surface area contributed by atoms with Gasteiger partial charge in [-0.1, -0.05) is 12.8 Å². The monoisotopic (exact) mass is 304 g/mol. The van der Waals surface area contributed by atoms with Crippen molar-refractivity contribution >= 4 is 17.6 Å². The number of rotatable bonds is 2. The lowest BCUT2D eigenvalue weighted by Gasteiger charge is -2.37. The molecule has 1 aromatic rings. The molecule has 0 aromatic carbocycles. The molecule has 0 unspecified atom stereocenters. The summed E-state index contributed by atoms with van der Waals surface area (Å²) in [7, 11) is 2.00. The average molecular weight is 304 g/mol. The summed E-state index contributed by atoms with van der Waals surface area (Å²) in [5, 5.41) is 6.93. The number of aromatic nitrogens is 2. The minimum Gasteiger partial charge on any atom is -0.484 e. The van der Waals surface area contributed by atoms with Crippen molar-refractivity contribution < 1.29 is 4.74 Å². The van der Waals surface area contributed by atoms with Crippen LogP contribution in [0, 0.1) is 0 Å². The number of likely N-dealkylation sites (N-methyl/N-ethyl adjacent to an activating group) is 1. The van der Waals surface area contributed by atoms with Crippen molar-refractivity contribution in [2.75, 3.05) is 42.7 Å². The highest BCUT2D eigenvalue weighted by Crippen LogP contribution is 2.44. The van der Waals surface area contributed by atoms with E-state index in [1.807, 2.05) is 7.05 Å². The molecule has 3 aliphatic rings. The van der Waals surface area contributed by atoms with Crippen LogP contribution in [0.2, 0.25) is 0 Å². The van der Waals surface area contributed by atoms with Gasteiger partial charge in [-0.25, -0.2) is 0 Å². The smallest absolute Gasteiger partial charge is 0.224 e. The second-order valence-corrected chi connectivity index (χ2v) is 6.70. The molecule has 0 amide bonds. The van der Waals surface area contributed by atoms with Crippen LogP contribution in [0.5, 0.6) is 5.75 Å². The third-order valence-corrected chi connectivity index (χ3v) is 5.20. The molecule has 7 heteroatoms. The number of hydrogen-bond acceptors (Lipinski definition) is 7. The third kappa shape index (κ3) is 2.24. The summed E-state index contributed by atoms with van der Waals surface area (Å²) in [6.45, 7) is 2.58. The zero-order valence-corrected chi connectivity index (χ0v) is 13.1. The predicted molar refractivity (Wildman–Crippen MR) is 86.4 cm³/mol. The van der Waals surface area contributed by atoms with Crippen molar-refractivity contribution in [2.45, 2.75) is 43.7 Å². The Morgan fingerprint density at radius 1 is 1.36 bits per heavy atom. The van der Waals surface area contributed by atoms with Crippen LogP contribution >= 0.6 is 0 Å². The second-order valence-electron chi connectivity index (χ2n) is 6.70. The lowest BCUT2D eigenvalue weighted by molar-refractivity contribution is 0.219. The summed E-state index contributed by atoms with van der Waals surface area (Å²) in [5.74, 6) is 2.68. The van der Waals surface area contributed by atoms with Gasteiger partial charge in [0.15, 0.2) is 11.6 Å². The molecule has 4 N–H and O–H groups in total. The van der Waals surface area contributed by atoms with Crippen LogP contribution in [-0.2, 0) is 0 Å². The Labute approximate surface area is 130 Å². The first-order valence-electron chi connectivity index (χ1n) is 8.20. The Bertz CT molecular complexity index is 571. The number of nitrogens with zero attached hydrogens (tertiary/aromatic N) is 3. The number of nitrogens with two attached hydrogens (primary N) is 1. The normalized spacial score (nSPS) is 25.9. The van der Waals surface area contributed by atoms with E-state index in [2.05, 4.69) is 25.5 Å².